The number of furan rings is 2. The van der Waals surface area contributed by atoms with Gasteiger partial charge < -0.3 is 13.7 Å². The summed E-state index contributed by atoms with van der Waals surface area (Å²) in [7, 11) is 0. The van der Waals surface area contributed by atoms with Gasteiger partial charge in [-0.05, 0) is 92.2 Å². The quantitative estimate of drug-likeness (QED) is 0.165. The summed E-state index contributed by atoms with van der Waals surface area (Å²) in [6.45, 7) is 0. The Morgan fingerprint density at radius 2 is 0.860 bits per heavy atom. The van der Waals surface area contributed by atoms with Crippen molar-refractivity contribution < 1.29 is 8.83 Å². The second-order valence-corrected chi connectivity index (χ2v) is 14.8. The van der Waals surface area contributed by atoms with E-state index in [1.807, 2.05) is 18.2 Å². The summed E-state index contributed by atoms with van der Waals surface area (Å²) < 4.78 is 12.8. The molecule has 12 rings (SSSR count). The van der Waals surface area contributed by atoms with Crippen LogP contribution in [0.1, 0.15) is 0 Å². The highest BCUT2D eigenvalue weighted by Gasteiger charge is 2.26. The lowest BCUT2D eigenvalue weighted by atomic mass is 9.89. The molecule has 0 saturated heterocycles. The molecule has 2 heterocycles. The smallest absolute Gasteiger partial charge is 0.137 e. The van der Waals surface area contributed by atoms with Crippen LogP contribution in [0.15, 0.2) is 209 Å². The third-order valence-electron chi connectivity index (χ3n) is 11.6. The molecule has 57 heavy (non-hydrogen) atoms. The van der Waals surface area contributed by atoms with Crippen molar-refractivity contribution in [2.75, 3.05) is 4.90 Å². The normalized spacial score (nSPS) is 11.9. The minimum absolute atomic E-state index is 0.853. The first-order valence-corrected chi connectivity index (χ1v) is 19.4. The van der Waals surface area contributed by atoms with Gasteiger partial charge in [0.05, 0.1) is 16.8 Å². The minimum atomic E-state index is 0.853. The van der Waals surface area contributed by atoms with Gasteiger partial charge in [0, 0.05) is 32.8 Å². The molecule has 0 aliphatic carbocycles. The summed E-state index contributed by atoms with van der Waals surface area (Å²) in [4.78, 5) is 2.47. The zero-order chi connectivity index (χ0) is 37.5. The van der Waals surface area contributed by atoms with Gasteiger partial charge in [-0.1, -0.05) is 152 Å². The van der Waals surface area contributed by atoms with Crippen molar-refractivity contribution in [3.63, 3.8) is 0 Å². The molecule has 0 amide bonds. The van der Waals surface area contributed by atoms with Crippen LogP contribution in [0.3, 0.4) is 0 Å². The van der Waals surface area contributed by atoms with Crippen molar-refractivity contribution in [2.24, 2.45) is 0 Å². The van der Waals surface area contributed by atoms with Crippen LogP contribution in [0, 0.1) is 0 Å². The average Bonchev–Trinajstić information content (AvgIpc) is 3.86. The van der Waals surface area contributed by atoms with E-state index in [4.69, 9.17) is 8.83 Å². The summed E-state index contributed by atoms with van der Waals surface area (Å²) in [5, 5.41) is 11.6. The topological polar surface area (TPSA) is 29.5 Å². The molecule has 2 aromatic heterocycles. The minimum Gasteiger partial charge on any atom is -0.456 e. The van der Waals surface area contributed by atoms with Crippen LogP contribution in [0.5, 0.6) is 0 Å². The zero-order valence-corrected chi connectivity index (χ0v) is 30.8. The van der Waals surface area contributed by atoms with Crippen molar-refractivity contribution >= 4 is 93.3 Å². The molecule has 0 atom stereocenters. The molecule has 12 aromatic rings. The fraction of sp³-hybridized carbons (Fsp3) is 0. The van der Waals surface area contributed by atoms with E-state index in [9.17, 15) is 0 Å². The van der Waals surface area contributed by atoms with Gasteiger partial charge in [-0.25, -0.2) is 0 Å². The highest BCUT2D eigenvalue weighted by Crippen LogP contribution is 2.52. The molecule has 0 saturated carbocycles. The van der Waals surface area contributed by atoms with Crippen molar-refractivity contribution in [1.29, 1.82) is 0 Å². The monoisotopic (exact) mass is 727 g/mol. The number of rotatable bonds is 5. The van der Waals surface area contributed by atoms with Gasteiger partial charge in [-0.2, -0.15) is 0 Å². The maximum atomic E-state index is 6.55. The number of nitrogens with zero attached hydrogens (tertiary/aromatic N) is 1. The van der Waals surface area contributed by atoms with E-state index < -0.39 is 0 Å². The van der Waals surface area contributed by atoms with Crippen LogP contribution in [-0.2, 0) is 0 Å². The lowest BCUT2D eigenvalue weighted by molar-refractivity contribution is 0.668. The third-order valence-corrected chi connectivity index (χ3v) is 11.6. The molecule has 266 valence electrons. The Balaban J connectivity index is 1.19. The van der Waals surface area contributed by atoms with Gasteiger partial charge in [0.15, 0.2) is 0 Å². The summed E-state index contributed by atoms with van der Waals surface area (Å²) in [5.41, 5.74) is 11.3. The van der Waals surface area contributed by atoms with Crippen LogP contribution < -0.4 is 4.90 Å². The highest BCUT2D eigenvalue weighted by molar-refractivity contribution is 6.24. The first-order valence-electron chi connectivity index (χ1n) is 19.4. The van der Waals surface area contributed by atoms with E-state index in [1.54, 1.807) is 0 Å². The molecular weight excluding hydrogens is 695 g/mol. The summed E-state index contributed by atoms with van der Waals surface area (Å²) in [6.07, 6.45) is 0. The maximum absolute atomic E-state index is 6.55. The van der Waals surface area contributed by atoms with Gasteiger partial charge in [0.2, 0.25) is 0 Å². The molecule has 0 radical (unpaired) electrons. The second-order valence-electron chi connectivity index (χ2n) is 14.8. The number of fused-ring (bicyclic) bond motifs is 10. The van der Waals surface area contributed by atoms with E-state index in [2.05, 4.69) is 187 Å². The van der Waals surface area contributed by atoms with Crippen molar-refractivity contribution in [1.82, 2.24) is 0 Å². The Bertz CT molecular complexity index is 3530. The summed E-state index contributed by atoms with van der Waals surface area (Å²) in [6, 6.07) is 71.7. The van der Waals surface area contributed by atoms with Gasteiger partial charge in [-0.15, -0.1) is 0 Å². The lowest BCUT2D eigenvalue weighted by Gasteiger charge is -2.31. The summed E-state index contributed by atoms with van der Waals surface area (Å²) >= 11 is 0. The van der Waals surface area contributed by atoms with Crippen LogP contribution in [-0.4, -0.2) is 0 Å². The number of anilines is 3. The SMILES string of the molecule is c1ccc2cc(-c3c(N(c4ccc(-c5cccc6oc7ccccc7c56)cc4)c4cccc5oc6ccccc6c45)c4ccccc4c4ccccc34)ccc2c1. The van der Waals surface area contributed by atoms with Crippen LogP contribution >= 0.6 is 0 Å². The zero-order valence-electron chi connectivity index (χ0n) is 30.8. The van der Waals surface area contributed by atoms with Gasteiger partial charge in [0.25, 0.3) is 0 Å². The van der Waals surface area contributed by atoms with Crippen LogP contribution in [0.2, 0.25) is 0 Å². The Morgan fingerprint density at radius 3 is 1.60 bits per heavy atom. The standard InChI is InChI=1S/C54H33NO2/c1-2-14-36-33-37(28-27-34(36)13-1)51-42-17-5-3-15-40(42)41-16-4-6-18-43(41)54(51)55(46-22-12-26-50-53(46)45-20-8-10-24-48(45)57-50)38-31-29-35(30-32-38)39-21-11-25-49-52(39)44-19-7-9-23-47(44)56-49/h1-33H. The highest BCUT2D eigenvalue weighted by atomic mass is 16.3. The molecule has 0 N–H and O–H groups in total. The number of para-hydroxylation sites is 2. The molecule has 0 aliphatic rings. The first kappa shape index (κ1) is 31.7. The fourth-order valence-electron chi connectivity index (χ4n) is 9.13. The Kier molecular flexibility index (Phi) is 6.93. The number of benzene rings is 10. The lowest BCUT2D eigenvalue weighted by Crippen LogP contribution is -2.13. The van der Waals surface area contributed by atoms with E-state index in [0.29, 0.717) is 0 Å². The van der Waals surface area contributed by atoms with Gasteiger partial charge in [-0.3, -0.25) is 0 Å². The molecular formula is C54H33NO2. The predicted octanol–water partition coefficient (Wildman–Crippen LogP) is 15.7. The molecule has 0 unspecified atom stereocenters. The van der Waals surface area contributed by atoms with E-state index in [0.717, 1.165) is 77.6 Å². The van der Waals surface area contributed by atoms with Crippen molar-refractivity contribution in [3.8, 4) is 22.3 Å². The van der Waals surface area contributed by atoms with Gasteiger partial charge in [0.1, 0.15) is 22.3 Å². The largest absolute Gasteiger partial charge is 0.456 e. The molecule has 3 nitrogen and oxygen atoms in total. The number of hydrogen-bond acceptors (Lipinski definition) is 3. The third kappa shape index (κ3) is 4.86. The van der Waals surface area contributed by atoms with Crippen LogP contribution in [0.4, 0.5) is 17.1 Å². The fourth-order valence-corrected chi connectivity index (χ4v) is 9.13. The molecule has 0 fully saturated rings. The van der Waals surface area contributed by atoms with E-state index >= 15 is 0 Å². The Hall–Kier alpha value is -7.62. The first-order chi connectivity index (χ1) is 28.3. The van der Waals surface area contributed by atoms with E-state index in [1.165, 1.54) is 37.9 Å². The van der Waals surface area contributed by atoms with Crippen molar-refractivity contribution in [3.05, 3.63) is 200 Å². The molecule has 10 aromatic carbocycles. The van der Waals surface area contributed by atoms with Crippen molar-refractivity contribution in [2.45, 2.75) is 0 Å². The second kappa shape index (κ2) is 12.5. The average molecular weight is 728 g/mol. The maximum Gasteiger partial charge on any atom is 0.137 e. The van der Waals surface area contributed by atoms with Crippen LogP contribution in [0.25, 0.3) is 98.4 Å². The predicted molar refractivity (Wildman–Crippen MR) is 239 cm³/mol. The Morgan fingerprint density at radius 1 is 0.333 bits per heavy atom. The number of hydrogen-bond donors (Lipinski definition) is 0. The molecule has 3 heteroatoms. The summed E-state index contributed by atoms with van der Waals surface area (Å²) in [5.74, 6) is 0. The molecule has 0 aliphatic heterocycles. The van der Waals surface area contributed by atoms with Gasteiger partial charge >= 0.3 is 0 Å². The Labute approximate surface area is 328 Å². The van der Waals surface area contributed by atoms with E-state index in [-0.39, 0.29) is 0 Å². The molecule has 0 spiro atoms. The molecule has 0 bridgehead atoms.